The van der Waals surface area contributed by atoms with Gasteiger partial charge in [-0.1, -0.05) is 0 Å². The molecule has 32 valence electrons. The van der Waals surface area contributed by atoms with Gasteiger partial charge in [-0.15, -0.1) is 0 Å². The predicted octanol–water partition coefficient (Wildman–Crippen LogP) is -6.96. The second-order valence-electron chi connectivity index (χ2n) is 0.447. The Labute approximate surface area is 165 Å². The zero-order valence-electron chi connectivity index (χ0n) is 5.20. The molecule has 0 aliphatic heterocycles. The van der Waals surface area contributed by atoms with Crippen LogP contribution >= 0.6 is 7.82 Å². The summed E-state index contributed by atoms with van der Waals surface area (Å²) in [5.74, 6) is 0. The molecule has 0 atom stereocenters. The van der Waals surface area contributed by atoms with Gasteiger partial charge in [0.2, 0.25) is 0 Å². The Kier molecular flexibility index (Phi) is 49.9. The molecule has 0 heterocycles. The summed E-state index contributed by atoms with van der Waals surface area (Å²) in [6, 6.07) is 0. The minimum atomic E-state index is -5.39. The van der Waals surface area contributed by atoms with Crippen LogP contribution in [0, 0.1) is 0 Å². The van der Waals surface area contributed by atoms with Gasteiger partial charge < -0.3 is 19.2 Å². The van der Waals surface area contributed by atoms with Crippen molar-refractivity contribution in [3.8, 4) is 0 Å². The van der Waals surface area contributed by atoms with Crippen LogP contribution in [0.1, 0.15) is 0 Å². The van der Waals surface area contributed by atoms with Crippen LogP contribution in [-0.2, 0) is 4.57 Å². The molecule has 0 aliphatic rings. The predicted molar refractivity (Wildman–Crippen MR) is 24.9 cm³/mol. The minimum absolute atomic E-state index is 0. The molecule has 0 rings (SSSR count). The van der Waals surface area contributed by atoms with E-state index in [0.29, 0.717) is 0 Å². The Bertz CT molecular complexity index is 61.9. The normalized spacial score (nSPS) is 6.56. The van der Waals surface area contributed by atoms with Gasteiger partial charge in [0, 0.05) is 0 Å². The molecule has 0 unspecified atom stereocenters. The van der Waals surface area contributed by atoms with Crippen molar-refractivity contribution in [2.24, 2.45) is 0 Å². The summed E-state index contributed by atoms with van der Waals surface area (Å²) in [4.78, 5) is 25.6. The first-order chi connectivity index (χ1) is 2.00. The van der Waals surface area contributed by atoms with E-state index >= 15 is 0 Å². The van der Waals surface area contributed by atoms with E-state index in [9.17, 15) is 0 Å². The summed E-state index contributed by atoms with van der Waals surface area (Å²) in [6.45, 7) is 0. The molecular formula is Ca3NaO4P+4. The Morgan fingerprint density at radius 1 is 0.889 bits per heavy atom. The first-order valence-electron chi connectivity index (χ1n) is 0.730. The van der Waals surface area contributed by atoms with Crippen LogP contribution in [0.4, 0.5) is 0 Å². The first kappa shape index (κ1) is 29.2. The Hall–Kier alpha value is 4.89. The van der Waals surface area contributed by atoms with E-state index in [-0.39, 0.29) is 143 Å². The Balaban J connectivity index is -0.0000000133. The molecule has 0 aromatic rings. The molecule has 0 amide bonds. The van der Waals surface area contributed by atoms with E-state index in [1.807, 2.05) is 0 Å². The maximum Gasteiger partial charge on any atom is 2.00 e. The number of hydrogen-bond donors (Lipinski definition) is 0. The molecule has 0 bridgehead atoms. The first-order valence-corrected chi connectivity index (χ1v) is 2.19. The molecule has 0 aliphatic carbocycles. The van der Waals surface area contributed by atoms with Crippen molar-refractivity contribution in [2.75, 3.05) is 0 Å². The number of rotatable bonds is 0. The van der Waals surface area contributed by atoms with E-state index in [0.717, 1.165) is 0 Å². The molecule has 0 saturated heterocycles. The zero-order valence-corrected chi connectivity index (χ0v) is 14.7. The number of hydrogen-bond acceptors (Lipinski definition) is 4. The van der Waals surface area contributed by atoms with Crippen LogP contribution in [0.5, 0.6) is 0 Å². The van der Waals surface area contributed by atoms with E-state index < -0.39 is 7.82 Å². The van der Waals surface area contributed by atoms with Crippen LogP contribution in [0.3, 0.4) is 0 Å². The molecular weight excluding hydrogens is 238 g/mol. The largest absolute Gasteiger partial charge is 2.00 e. The fraction of sp³-hybridized carbons (Fsp3) is 0. The second kappa shape index (κ2) is 15.4. The van der Waals surface area contributed by atoms with Gasteiger partial charge in [-0.25, -0.2) is 0 Å². The SMILES string of the molecule is O=P([O-])([O-])[O-].[Ca+2].[Ca+2].[Ca+2].[Na+]. The van der Waals surface area contributed by atoms with E-state index in [4.69, 9.17) is 19.2 Å². The van der Waals surface area contributed by atoms with E-state index in [1.165, 1.54) is 0 Å². The van der Waals surface area contributed by atoms with Crippen molar-refractivity contribution in [1.29, 1.82) is 0 Å². The van der Waals surface area contributed by atoms with Crippen LogP contribution in [0.15, 0.2) is 0 Å². The third-order valence-electron chi connectivity index (χ3n) is 0. The second-order valence-corrected chi connectivity index (χ2v) is 1.34. The maximum absolute atomic E-state index is 8.55. The molecule has 0 radical (unpaired) electrons. The van der Waals surface area contributed by atoms with Gasteiger partial charge in [0.05, 0.1) is 0 Å². The van der Waals surface area contributed by atoms with Gasteiger partial charge in [0.15, 0.2) is 0 Å². The van der Waals surface area contributed by atoms with Crippen LogP contribution in [0.2, 0.25) is 0 Å². The smallest absolute Gasteiger partial charge is 0.822 e. The van der Waals surface area contributed by atoms with Gasteiger partial charge in [-0.2, -0.15) is 7.82 Å². The molecule has 9 heavy (non-hydrogen) atoms. The quantitative estimate of drug-likeness (QED) is 0.310. The molecule has 4 nitrogen and oxygen atoms in total. The molecule has 0 saturated carbocycles. The van der Waals surface area contributed by atoms with Crippen LogP contribution in [0.25, 0.3) is 0 Å². The maximum atomic E-state index is 8.55. The Morgan fingerprint density at radius 3 is 0.889 bits per heavy atom. The third-order valence-corrected chi connectivity index (χ3v) is 0. The van der Waals surface area contributed by atoms with Crippen molar-refractivity contribution < 1.29 is 48.8 Å². The van der Waals surface area contributed by atoms with Gasteiger partial charge in [0.25, 0.3) is 0 Å². The fourth-order valence-corrected chi connectivity index (χ4v) is 0. The Morgan fingerprint density at radius 2 is 0.889 bits per heavy atom. The average Bonchev–Trinajstić information content (AvgIpc) is 0.722. The number of phosphoric acid groups is 1. The van der Waals surface area contributed by atoms with Crippen molar-refractivity contribution in [2.45, 2.75) is 0 Å². The summed E-state index contributed by atoms with van der Waals surface area (Å²) in [6.07, 6.45) is 0. The van der Waals surface area contributed by atoms with Crippen molar-refractivity contribution >= 4 is 121 Å². The zero-order chi connectivity index (χ0) is 4.50. The third kappa shape index (κ3) is 63.9. The molecule has 9 heteroatoms. The van der Waals surface area contributed by atoms with Crippen molar-refractivity contribution in [1.82, 2.24) is 0 Å². The van der Waals surface area contributed by atoms with Gasteiger partial charge >= 0.3 is 143 Å². The van der Waals surface area contributed by atoms with Crippen LogP contribution < -0.4 is 44.2 Å². The summed E-state index contributed by atoms with van der Waals surface area (Å²) in [7, 11) is -5.39. The standard InChI is InChI=1S/3Ca.Na.H3O4P/c;;;;1-5(2,3)4/h;;;;(H3,1,2,3,4)/q3*+2;+1;/p-3. The summed E-state index contributed by atoms with van der Waals surface area (Å²) in [5.41, 5.74) is 0. The molecule has 0 N–H and O–H groups in total. The van der Waals surface area contributed by atoms with Crippen molar-refractivity contribution in [3.63, 3.8) is 0 Å². The molecule has 0 spiro atoms. The minimum Gasteiger partial charge on any atom is -0.822 e. The van der Waals surface area contributed by atoms with Gasteiger partial charge in [0.1, 0.15) is 0 Å². The van der Waals surface area contributed by atoms with E-state index in [1.54, 1.807) is 0 Å². The topological polar surface area (TPSA) is 86.2 Å². The molecule has 0 aromatic carbocycles. The van der Waals surface area contributed by atoms with Gasteiger partial charge in [-0.3, -0.25) is 0 Å². The molecule has 0 fully saturated rings. The fourth-order valence-electron chi connectivity index (χ4n) is 0. The summed E-state index contributed by atoms with van der Waals surface area (Å²) < 4.78 is 8.55. The summed E-state index contributed by atoms with van der Waals surface area (Å²) in [5, 5.41) is 0. The monoisotopic (exact) mass is 238 g/mol. The van der Waals surface area contributed by atoms with E-state index in [2.05, 4.69) is 0 Å². The van der Waals surface area contributed by atoms with Gasteiger partial charge in [-0.05, 0) is 0 Å². The molecule has 0 aromatic heterocycles. The summed E-state index contributed by atoms with van der Waals surface area (Å²) >= 11 is 0. The average molecular weight is 238 g/mol. The van der Waals surface area contributed by atoms with Crippen molar-refractivity contribution in [3.05, 3.63) is 0 Å². The van der Waals surface area contributed by atoms with Crippen LogP contribution in [-0.4, -0.2) is 113 Å².